The van der Waals surface area contributed by atoms with Crippen LogP contribution in [0, 0.1) is 0 Å². The first-order valence-corrected chi connectivity index (χ1v) is 4.98. The van der Waals surface area contributed by atoms with Crippen molar-refractivity contribution in [3.63, 3.8) is 0 Å². The maximum Gasteiger partial charge on any atom is 0.320 e. The maximum absolute atomic E-state index is 11.9. The number of carbonyl (C=O) groups is 1. The summed E-state index contributed by atoms with van der Waals surface area (Å²) < 4.78 is 0. The zero-order valence-electron chi connectivity index (χ0n) is 10.0. The molecule has 0 bridgehead atoms. The Morgan fingerprint density at radius 1 is 1.43 bits per heavy atom. The molecule has 0 fully saturated rings. The summed E-state index contributed by atoms with van der Waals surface area (Å²) in [5.74, 6) is 0. The minimum Gasteiger partial charge on any atom is -0.328 e. The van der Waals surface area contributed by atoms with Gasteiger partial charge in [-0.1, -0.05) is 6.08 Å². The van der Waals surface area contributed by atoms with Crippen molar-refractivity contribution >= 4 is 6.03 Å². The topological polar surface area (TPSA) is 23.6 Å². The number of hydrogen-bond donors (Lipinski definition) is 0. The maximum atomic E-state index is 11.9. The van der Waals surface area contributed by atoms with E-state index in [0.29, 0.717) is 6.54 Å². The molecule has 0 saturated heterocycles. The van der Waals surface area contributed by atoms with E-state index < -0.39 is 0 Å². The van der Waals surface area contributed by atoms with Crippen LogP contribution in [-0.2, 0) is 0 Å². The van der Waals surface area contributed by atoms with Crippen LogP contribution in [-0.4, -0.2) is 41.5 Å². The van der Waals surface area contributed by atoms with Crippen LogP contribution in [0.25, 0.3) is 0 Å². The lowest BCUT2D eigenvalue weighted by atomic mass is 10.1. The van der Waals surface area contributed by atoms with Gasteiger partial charge in [0.1, 0.15) is 0 Å². The molecule has 0 aliphatic rings. The highest BCUT2D eigenvalue weighted by atomic mass is 16.2. The number of hydrogen-bond acceptors (Lipinski definition) is 1. The summed E-state index contributed by atoms with van der Waals surface area (Å²) in [4.78, 5) is 15.4. The number of rotatable bonds is 3. The van der Waals surface area contributed by atoms with Gasteiger partial charge in [0, 0.05) is 25.7 Å². The summed E-state index contributed by atoms with van der Waals surface area (Å²) in [5.41, 5.74) is -0.158. The first kappa shape index (κ1) is 13.0. The van der Waals surface area contributed by atoms with E-state index in [9.17, 15) is 4.79 Å². The zero-order valence-corrected chi connectivity index (χ0v) is 10.0. The lowest BCUT2D eigenvalue weighted by molar-refractivity contribution is 0.126. The van der Waals surface area contributed by atoms with E-state index in [-0.39, 0.29) is 11.6 Å². The first-order valence-electron chi connectivity index (χ1n) is 4.98. The van der Waals surface area contributed by atoms with E-state index in [0.717, 1.165) is 6.54 Å². The van der Waals surface area contributed by atoms with Crippen LogP contribution in [0.3, 0.4) is 0 Å². The second-order valence-corrected chi connectivity index (χ2v) is 4.37. The first-order chi connectivity index (χ1) is 6.34. The SMILES string of the molecule is C=CCN(C(=O)N(C)CC)C(C)(C)C. The molecule has 0 radical (unpaired) electrons. The standard InChI is InChI=1S/C11H22N2O/c1-7-9-13(11(3,4)5)10(14)12(6)8-2/h7H,1,8-9H2,2-6H3. The molecule has 0 heterocycles. The third kappa shape index (κ3) is 3.40. The summed E-state index contributed by atoms with van der Waals surface area (Å²) in [7, 11) is 1.81. The Morgan fingerprint density at radius 2 is 1.93 bits per heavy atom. The summed E-state index contributed by atoms with van der Waals surface area (Å²) in [5, 5.41) is 0. The molecule has 3 nitrogen and oxygen atoms in total. The minimum absolute atomic E-state index is 0.0555. The average molecular weight is 198 g/mol. The molecule has 0 N–H and O–H groups in total. The molecule has 0 aliphatic heterocycles. The van der Waals surface area contributed by atoms with Crippen LogP contribution in [0.5, 0.6) is 0 Å². The van der Waals surface area contributed by atoms with E-state index in [2.05, 4.69) is 6.58 Å². The average Bonchev–Trinajstić information content (AvgIpc) is 2.09. The largest absolute Gasteiger partial charge is 0.328 e. The highest BCUT2D eigenvalue weighted by Crippen LogP contribution is 2.14. The van der Waals surface area contributed by atoms with Crippen molar-refractivity contribution in [1.29, 1.82) is 0 Å². The minimum atomic E-state index is -0.158. The molecule has 0 aromatic rings. The fraction of sp³-hybridized carbons (Fsp3) is 0.727. The number of urea groups is 1. The highest BCUT2D eigenvalue weighted by molar-refractivity contribution is 5.75. The second kappa shape index (κ2) is 5.03. The van der Waals surface area contributed by atoms with Crippen LogP contribution in [0.4, 0.5) is 4.79 Å². The van der Waals surface area contributed by atoms with Gasteiger partial charge in [-0.3, -0.25) is 0 Å². The number of carbonyl (C=O) groups excluding carboxylic acids is 1. The van der Waals surface area contributed by atoms with Crippen LogP contribution in [0.15, 0.2) is 12.7 Å². The predicted octanol–water partition coefficient (Wildman–Crippen LogP) is 2.34. The molecule has 0 saturated carbocycles. The number of nitrogens with zero attached hydrogens (tertiary/aromatic N) is 2. The van der Waals surface area contributed by atoms with Gasteiger partial charge in [0.15, 0.2) is 0 Å². The van der Waals surface area contributed by atoms with Crippen molar-refractivity contribution in [2.75, 3.05) is 20.1 Å². The second-order valence-electron chi connectivity index (χ2n) is 4.37. The summed E-state index contributed by atoms with van der Waals surface area (Å²) >= 11 is 0. The molecule has 0 spiro atoms. The molecule has 2 amide bonds. The third-order valence-corrected chi connectivity index (χ3v) is 2.15. The molecule has 0 unspecified atom stereocenters. The Bertz CT molecular complexity index is 206. The van der Waals surface area contributed by atoms with Crippen molar-refractivity contribution in [1.82, 2.24) is 9.80 Å². The molecule has 14 heavy (non-hydrogen) atoms. The Labute approximate surface area is 87.4 Å². The Morgan fingerprint density at radius 3 is 2.21 bits per heavy atom. The Hall–Kier alpha value is -0.990. The van der Waals surface area contributed by atoms with Crippen molar-refractivity contribution in [2.24, 2.45) is 0 Å². The summed E-state index contributed by atoms with van der Waals surface area (Å²) in [6.07, 6.45) is 1.76. The van der Waals surface area contributed by atoms with Crippen LogP contribution in [0.2, 0.25) is 0 Å². The van der Waals surface area contributed by atoms with Gasteiger partial charge in [0.25, 0.3) is 0 Å². The lowest BCUT2D eigenvalue weighted by Crippen LogP contribution is -2.50. The summed E-state index contributed by atoms with van der Waals surface area (Å²) in [6, 6.07) is 0.0555. The molecular weight excluding hydrogens is 176 g/mol. The van der Waals surface area contributed by atoms with E-state index in [4.69, 9.17) is 0 Å². The predicted molar refractivity (Wildman–Crippen MR) is 60.4 cm³/mol. The van der Waals surface area contributed by atoms with E-state index in [1.165, 1.54) is 0 Å². The van der Waals surface area contributed by atoms with Gasteiger partial charge in [0.05, 0.1) is 0 Å². The highest BCUT2D eigenvalue weighted by Gasteiger charge is 2.26. The smallest absolute Gasteiger partial charge is 0.320 e. The molecule has 0 aliphatic carbocycles. The molecule has 0 aromatic carbocycles. The van der Waals surface area contributed by atoms with Crippen molar-refractivity contribution in [3.05, 3.63) is 12.7 Å². The quantitative estimate of drug-likeness (QED) is 0.638. The van der Waals surface area contributed by atoms with Crippen LogP contribution < -0.4 is 0 Å². The number of amides is 2. The fourth-order valence-electron chi connectivity index (χ4n) is 1.11. The van der Waals surface area contributed by atoms with Gasteiger partial charge in [0.2, 0.25) is 0 Å². The normalized spacial score (nSPS) is 10.9. The van der Waals surface area contributed by atoms with Crippen molar-refractivity contribution in [3.8, 4) is 0 Å². The van der Waals surface area contributed by atoms with Gasteiger partial charge in [-0.2, -0.15) is 0 Å². The summed E-state index contributed by atoms with van der Waals surface area (Å²) in [6.45, 7) is 13.0. The van der Waals surface area contributed by atoms with E-state index in [1.54, 1.807) is 11.0 Å². The molecular formula is C11H22N2O. The van der Waals surface area contributed by atoms with E-state index in [1.807, 2.05) is 39.6 Å². The molecule has 0 atom stereocenters. The molecule has 82 valence electrons. The zero-order chi connectivity index (χ0) is 11.4. The van der Waals surface area contributed by atoms with Gasteiger partial charge in [-0.25, -0.2) is 4.79 Å². The lowest BCUT2D eigenvalue weighted by Gasteiger charge is -2.37. The van der Waals surface area contributed by atoms with Crippen molar-refractivity contribution < 1.29 is 4.79 Å². The van der Waals surface area contributed by atoms with Gasteiger partial charge < -0.3 is 9.80 Å². The Kier molecular flexibility index (Phi) is 4.68. The molecule has 3 heteroatoms. The van der Waals surface area contributed by atoms with Crippen LogP contribution in [0.1, 0.15) is 27.7 Å². The van der Waals surface area contributed by atoms with Crippen LogP contribution >= 0.6 is 0 Å². The van der Waals surface area contributed by atoms with E-state index >= 15 is 0 Å². The van der Waals surface area contributed by atoms with Gasteiger partial charge >= 0.3 is 6.03 Å². The molecule has 0 rings (SSSR count). The Balaban J connectivity index is 4.65. The molecule has 0 aromatic heterocycles. The monoisotopic (exact) mass is 198 g/mol. The third-order valence-electron chi connectivity index (χ3n) is 2.15. The fourth-order valence-corrected chi connectivity index (χ4v) is 1.11. The van der Waals surface area contributed by atoms with Gasteiger partial charge in [-0.15, -0.1) is 6.58 Å². The van der Waals surface area contributed by atoms with Crippen molar-refractivity contribution in [2.45, 2.75) is 33.2 Å². The van der Waals surface area contributed by atoms with Gasteiger partial charge in [-0.05, 0) is 27.7 Å².